The number of carbonyl (C=O) groups is 1. The van der Waals surface area contributed by atoms with Crippen LogP contribution in [0.1, 0.15) is 47.8 Å². The topological polar surface area (TPSA) is 51.0 Å². The summed E-state index contributed by atoms with van der Waals surface area (Å²) in [5.41, 5.74) is 0.0748. The van der Waals surface area contributed by atoms with Gasteiger partial charge in [0, 0.05) is 24.4 Å². The van der Waals surface area contributed by atoms with Crippen LogP contribution in [0.15, 0.2) is 5.38 Å². The van der Waals surface area contributed by atoms with Crippen molar-refractivity contribution in [2.24, 2.45) is 0 Å². The largest absolute Gasteiger partial charge is 0.436 e. The zero-order valence-corrected chi connectivity index (χ0v) is 16.6. The van der Waals surface area contributed by atoms with E-state index in [2.05, 4.69) is 22.4 Å². The van der Waals surface area contributed by atoms with Crippen molar-refractivity contribution in [3.63, 3.8) is 0 Å². The lowest BCUT2D eigenvalue weighted by Gasteiger charge is -2.31. The average molecular weight is 421 g/mol. The molecule has 0 spiro atoms. The van der Waals surface area contributed by atoms with Gasteiger partial charge in [0.05, 0.1) is 21.4 Å². The highest BCUT2D eigenvalue weighted by Gasteiger charge is 2.38. The van der Waals surface area contributed by atoms with Gasteiger partial charge >= 0.3 is 6.18 Å². The van der Waals surface area contributed by atoms with Crippen LogP contribution in [0.4, 0.5) is 13.2 Å². The highest BCUT2D eigenvalue weighted by molar-refractivity contribution is 7.09. The van der Waals surface area contributed by atoms with E-state index in [9.17, 15) is 18.0 Å². The molecule has 3 heterocycles. The number of aromatic nitrogens is 3. The van der Waals surface area contributed by atoms with Gasteiger partial charge in [0.25, 0.3) is 0 Å². The smallest absolute Gasteiger partial charge is 0.341 e. The van der Waals surface area contributed by atoms with E-state index in [1.807, 2.05) is 0 Å². The molecule has 0 unspecified atom stereocenters. The van der Waals surface area contributed by atoms with E-state index in [0.717, 1.165) is 34.6 Å². The lowest BCUT2D eigenvalue weighted by molar-refractivity contribution is -0.142. The molecule has 0 N–H and O–H groups in total. The number of alkyl halides is 3. The van der Waals surface area contributed by atoms with E-state index in [1.54, 1.807) is 16.2 Å². The number of piperidine rings is 1. The van der Waals surface area contributed by atoms with Crippen molar-refractivity contribution in [1.82, 2.24) is 19.7 Å². The Morgan fingerprint density at radius 2 is 2.04 bits per heavy atom. The maximum Gasteiger partial charge on any atom is 0.436 e. The number of hydrogen-bond donors (Lipinski definition) is 0. The van der Waals surface area contributed by atoms with Crippen LogP contribution in [0.2, 0.25) is 5.02 Å². The van der Waals surface area contributed by atoms with Gasteiger partial charge in [-0.05, 0) is 26.2 Å². The van der Waals surface area contributed by atoms with Crippen LogP contribution < -0.4 is 0 Å². The molecule has 2 aromatic rings. The van der Waals surface area contributed by atoms with Crippen molar-refractivity contribution in [1.29, 1.82) is 0 Å². The third-order valence-electron chi connectivity index (χ3n) is 4.82. The number of likely N-dealkylation sites (tertiary alicyclic amines) is 1. The molecule has 2 aromatic heterocycles. The Morgan fingerprint density at radius 1 is 1.37 bits per heavy atom. The Labute approximate surface area is 164 Å². The van der Waals surface area contributed by atoms with E-state index in [4.69, 9.17) is 11.6 Å². The first-order valence-electron chi connectivity index (χ1n) is 8.72. The van der Waals surface area contributed by atoms with E-state index < -0.39 is 16.9 Å². The monoisotopic (exact) mass is 420 g/mol. The minimum absolute atomic E-state index is 0.141. The Morgan fingerprint density at radius 3 is 2.56 bits per heavy atom. The number of halogens is 4. The van der Waals surface area contributed by atoms with Crippen LogP contribution in [0.3, 0.4) is 0 Å². The standard InChI is InChI=1S/C17H20ClF3N4OS/c1-3-12-9-27-16(22-12)11-4-6-24(7-5-11)13(26)8-25-10(2)14(18)15(23-25)17(19,20)21/h9,11H,3-8H2,1-2H3. The van der Waals surface area contributed by atoms with Gasteiger partial charge in [0.2, 0.25) is 5.91 Å². The van der Waals surface area contributed by atoms with Crippen molar-refractivity contribution >= 4 is 28.8 Å². The molecule has 0 saturated carbocycles. The number of hydrogen-bond acceptors (Lipinski definition) is 4. The van der Waals surface area contributed by atoms with Crippen LogP contribution in [0.25, 0.3) is 0 Å². The molecule has 148 valence electrons. The first kappa shape index (κ1) is 20.1. The normalized spacial score (nSPS) is 16.1. The average Bonchev–Trinajstić information content (AvgIpc) is 3.22. The molecule has 10 heteroatoms. The molecule has 5 nitrogen and oxygen atoms in total. The zero-order valence-electron chi connectivity index (χ0n) is 15.0. The van der Waals surface area contributed by atoms with Gasteiger partial charge in [0.15, 0.2) is 5.69 Å². The molecule has 27 heavy (non-hydrogen) atoms. The molecule has 3 rings (SSSR count). The molecule has 0 bridgehead atoms. The fourth-order valence-corrected chi connectivity index (χ4v) is 4.45. The summed E-state index contributed by atoms with van der Waals surface area (Å²) >= 11 is 7.39. The van der Waals surface area contributed by atoms with E-state index in [0.29, 0.717) is 19.0 Å². The summed E-state index contributed by atoms with van der Waals surface area (Å²) in [4.78, 5) is 18.8. The number of nitrogens with zero attached hydrogens (tertiary/aromatic N) is 4. The first-order valence-corrected chi connectivity index (χ1v) is 9.98. The Kier molecular flexibility index (Phi) is 5.81. The molecule has 0 atom stereocenters. The van der Waals surface area contributed by atoms with Crippen LogP contribution in [0.5, 0.6) is 0 Å². The van der Waals surface area contributed by atoms with Crippen molar-refractivity contribution in [3.8, 4) is 0 Å². The number of carbonyl (C=O) groups excluding carboxylic acids is 1. The summed E-state index contributed by atoms with van der Waals surface area (Å²) in [5, 5.41) is 6.21. The number of thiazole rings is 1. The Balaban J connectivity index is 1.62. The van der Waals surface area contributed by atoms with Crippen LogP contribution >= 0.6 is 22.9 Å². The van der Waals surface area contributed by atoms with Gasteiger partial charge in [-0.2, -0.15) is 18.3 Å². The minimum atomic E-state index is -4.64. The fraction of sp³-hybridized carbons (Fsp3) is 0.588. The maximum absolute atomic E-state index is 12.9. The second kappa shape index (κ2) is 7.79. The lowest BCUT2D eigenvalue weighted by atomic mass is 9.97. The molecule has 0 radical (unpaired) electrons. The molecule has 0 aromatic carbocycles. The van der Waals surface area contributed by atoms with Crippen LogP contribution in [-0.2, 0) is 23.9 Å². The van der Waals surface area contributed by atoms with Gasteiger partial charge in [-0.25, -0.2) is 4.98 Å². The van der Waals surface area contributed by atoms with E-state index in [1.165, 1.54) is 6.92 Å². The van der Waals surface area contributed by atoms with Crippen molar-refractivity contribution < 1.29 is 18.0 Å². The second-order valence-electron chi connectivity index (χ2n) is 6.59. The summed E-state index contributed by atoms with van der Waals surface area (Å²) in [7, 11) is 0. The molecule has 1 saturated heterocycles. The number of aryl methyl sites for hydroxylation is 1. The number of amides is 1. The summed E-state index contributed by atoms with van der Waals surface area (Å²) in [5.74, 6) is 0.0786. The third kappa shape index (κ3) is 4.29. The first-order chi connectivity index (χ1) is 12.7. The molecule has 1 fully saturated rings. The molecular formula is C17H20ClF3N4OS. The molecule has 1 amide bonds. The third-order valence-corrected chi connectivity index (χ3v) is 6.32. The number of rotatable bonds is 4. The maximum atomic E-state index is 12.9. The van der Waals surface area contributed by atoms with Crippen molar-refractivity contribution in [2.75, 3.05) is 13.1 Å². The predicted molar refractivity (Wildman–Crippen MR) is 97.0 cm³/mol. The summed E-state index contributed by atoms with van der Waals surface area (Å²) in [6.45, 7) is 4.37. The fourth-order valence-electron chi connectivity index (χ4n) is 3.14. The summed E-state index contributed by atoms with van der Waals surface area (Å²) in [6.07, 6.45) is -2.14. The van der Waals surface area contributed by atoms with Crippen molar-refractivity contribution in [3.05, 3.63) is 32.5 Å². The van der Waals surface area contributed by atoms with Gasteiger partial charge in [-0.15, -0.1) is 11.3 Å². The molecule has 1 aliphatic rings. The van der Waals surface area contributed by atoms with Gasteiger partial charge in [0.1, 0.15) is 6.54 Å². The predicted octanol–water partition coefficient (Wildman–Crippen LogP) is 4.29. The summed E-state index contributed by atoms with van der Waals surface area (Å²) in [6, 6.07) is 0. The second-order valence-corrected chi connectivity index (χ2v) is 7.86. The highest BCUT2D eigenvalue weighted by atomic mass is 35.5. The van der Waals surface area contributed by atoms with Crippen LogP contribution in [0, 0.1) is 6.92 Å². The summed E-state index contributed by atoms with van der Waals surface area (Å²) < 4.78 is 39.8. The Bertz CT molecular complexity index is 825. The quantitative estimate of drug-likeness (QED) is 0.741. The SMILES string of the molecule is CCc1csc(C2CCN(C(=O)Cn3nc(C(F)(F)F)c(Cl)c3C)CC2)n1. The highest BCUT2D eigenvalue weighted by Crippen LogP contribution is 2.35. The lowest BCUT2D eigenvalue weighted by Crippen LogP contribution is -2.40. The minimum Gasteiger partial charge on any atom is -0.341 e. The van der Waals surface area contributed by atoms with E-state index in [-0.39, 0.29) is 18.1 Å². The van der Waals surface area contributed by atoms with Gasteiger partial charge in [-0.1, -0.05) is 18.5 Å². The van der Waals surface area contributed by atoms with Crippen LogP contribution in [-0.4, -0.2) is 38.7 Å². The van der Waals surface area contributed by atoms with Gasteiger partial charge in [-0.3, -0.25) is 9.48 Å². The van der Waals surface area contributed by atoms with Crippen molar-refractivity contribution in [2.45, 2.75) is 51.7 Å². The Hall–Kier alpha value is -1.61. The van der Waals surface area contributed by atoms with Gasteiger partial charge < -0.3 is 4.90 Å². The molecule has 1 aliphatic heterocycles. The zero-order chi connectivity index (χ0) is 19.8. The molecular weight excluding hydrogens is 401 g/mol. The molecule has 0 aliphatic carbocycles. The van der Waals surface area contributed by atoms with E-state index >= 15 is 0 Å².